The van der Waals surface area contributed by atoms with E-state index in [2.05, 4.69) is 10.0 Å². The number of benzene rings is 1. The SMILES string of the molecule is [N-]=[N+]=Nc1ccc(C(F)(F)F)c(Cl)c1. The maximum atomic E-state index is 12.2. The topological polar surface area (TPSA) is 48.8 Å². The van der Waals surface area contributed by atoms with E-state index >= 15 is 0 Å². The van der Waals surface area contributed by atoms with Gasteiger partial charge in [0.1, 0.15) is 0 Å². The molecular formula is C7H3ClF3N3. The molecule has 0 radical (unpaired) electrons. The number of azide groups is 1. The molecule has 0 aliphatic heterocycles. The summed E-state index contributed by atoms with van der Waals surface area (Å²) in [6.07, 6.45) is -4.49. The molecule has 14 heavy (non-hydrogen) atoms. The van der Waals surface area contributed by atoms with Crippen molar-refractivity contribution in [2.24, 2.45) is 5.11 Å². The van der Waals surface area contributed by atoms with E-state index in [-0.39, 0.29) is 5.69 Å². The van der Waals surface area contributed by atoms with Gasteiger partial charge in [-0.15, -0.1) is 0 Å². The van der Waals surface area contributed by atoms with E-state index in [0.29, 0.717) is 0 Å². The van der Waals surface area contributed by atoms with Gasteiger partial charge in [0.25, 0.3) is 0 Å². The highest BCUT2D eigenvalue weighted by molar-refractivity contribution is 6.31. The molecule has 0 unspecified atom stereocenters. The number of rotatable bonds is 1. The molecule has 0 atom stereocenters. The van der Waals surface area contributed by atoms with E-state index in [9.17, 15) is 13.2 Å². The number of halogens is 4. The smallest absolute Gasteiger partial charge is 0.166 e. The zero-order chi connectivity index (χ0) is 10.8. The summed E-state index contributed by atoms with van der Waals surface area (Å²) in [5.41, 5.74) is 7.13. The fraction of sp³-hybridized carbons (Fsp3) is 0.143. The lowest BCUT2D eigenvalue weighted by molar-refractivity contribution is -0.137. The molecule has 0 aliphatic rings. The Hall–Kier alpha value is -1.39. The normalized spacial score (nSPS) is 10.9. The largest absolute Gasteiger partial charge is 0.417 e. The molecule has 0 aliphatic carbocycles. The zero-order valence-corrected chi connectivity index (χ0v) is 7.34. The van der Waals surface area contributed by atoms with Crippen molar-refractivity contribution < 1.29 is 13.2 Å². The van der Waals surface area contributed by atoms with E-state index in [1.54, 1.807) is 0 Å². The van der Waals surface area contributed by atoms with E-state index in [1.165, 1.54) is 0 Å². The van der Waals surface area contributed by atoms with Gasteiger partial charge in [0.15, 0.2) is 0 Å². The minimum atomic E-state index is -4.49. The van der Waals surface area contributed by atoms with Crippen LogP contribution in [0.2, 0.25) is 5.02 Å². The molecule has 0 saturated heterocycles. The van der Waals surface area contributed by atoms with Crippen molar-refractivity contribution in [2.45, 2.75) is 6.18 Å². The van der Waals surface area contributed by atoms with Crippen LogP contribution in [0.3, 0.4) is 0 Å². The van der Waals surface area contributed by atoms with Crippen LogP contribution >= 0.6 is 11.6 Å². The van der Waals surface area contributed by atoms with Crippen molar-refractivity contribution in [1.29, 1.82) is 0 Å². The van der Waals surface area contributed by atoms with Gasteiger partial charge in [0.05, 0.1) is 10.6 Å². The van der Waals surface area contributed by atoms with Gasteiger partial charge in [-0.1, -0.05) is 22.8 Å². The second kappa shape index (κ2) is 3.77. The second-order valence-electron chi connectivity index (χ2n) is 2.35. The lowest BCUT2D eigenvalue weighted by Gasteiger charge is -2.08. The Bertz CT molecular complexity index is 396. The summed E-state index contributed by atoms with van der Waals surface area (Å²) in [6.45, 7) is 0. The van der Waals surface area contributed by atoms with Crippen LogP contribution in [0, 0.1) is 0 Å². The Morgan fingerprint density at radius 2 is 2.00 bits per heavy atom. The quantitative estimate of drug-likeness (QED) is 0.386. The number of alkyl halides is 3. The van der Waals surface area contributed by atoms with Crippen LogP contribution in [-0.4, -0.2) is 0 Å². The Kier molecular flexibility index (Phi) is 2.88. The van der Waals surface area contributed by atoms with E-state index in [1.807, 2.05) is 0 Å². The summed E-state index contributed by atoms with van der Waals surface area (Å²) < 4.78 is 36.5. The van der Waals surface area contributed by atoms with Gasteiger partial charge in [-0.05, 0) is 17.7 Å². The minimum Gasteiger partial charge on any atom is -0.166 e. The molecule has 0 aromatic heterocycles. The molecule has 0 amide bonds. The average Bonchev–Trinajstić information content (AvgIpc) is 2.02. The van der Waals surface area contributed by atoms with Gasteiger partial charge in [-0.25, -0.2) is 0 Å². The van der Waals surface area contributed by atoms with Gasteiger partial charge in [0.2, 0.25) is 0 Å². The molecule has 7 heteroatoms. The number of hydrogen-bond donors (Lipinski definition) is 0. The Morgan fingerprint density at radius 1 is 1.36 bits per heavy atom. The summed E-state index contributed by atoms with van der Waals surface area (Å²) in [4.78, 5) is 2.42. The first-order valence-electron chi connectivity index (χ1n) is 3.37. The summed E-state index contributed by atoms with van der Waals surface area (Å²) in [5.74, 6) is 0. The first-order chi connectivity index (χ1) is 6.45. The van der Waals surface area contributed by atoms with Crippen LogP contribution in [0.1, 0.15) is 5.56 Å². The second-order valence-corrected chi connectivity index (χ2v) is 2.76. The first kappa shape index (κ1) is 10.7. The van der Waals surface area contributed by atoms with Crippen LogP contribution in [0.4, 0.5) is 18.9 Å². The lowest BCUT2D eigenvalue weighted by atomic mass is 10.2. The van der Waals surface area contributed by atoms with Crippen LogP contribution in [0.15, 0.2) is 23.3 Å². The molecule has 1 rings (SSSR count). The van der Waals surface area contributed by atoms with Crippen LogP contribution in [0.5, 0.6) is 0 Å². The third-order valence-corrected chi connectivity index (χ3v) is 1.73. The molecule has 1 aromatic carbocycles. The third kappa shape index (κ3) is 2.31. The van der Waals surface area contributed by atoms with Crippen LogP contribution in [0.25, 0.3) is 10.4 Å². The van der Waals surface area contributed by atoms with E-state index < -0.39 is 16.8 Å². The zero-order valence-electron chi connectivity index (χ0n) is 6.59. The molecule has 3 nitrogen and oxygen atoms in total. The summed E-state index contributed by atoms with van der Waals surface area (Å²) in [6, 6.07) is 2.78. The average molecular weight is 222 g/mol. The van der Waals surface area contributed by atoms with Gasteiger partial charge in [0, 0.05) is 10.6 Å². The monoisotopic (exact) mass is 221 g/mol. The fourth-order valence-corrected chi connectivity index (χ4v) is 1.13. The maximum Gasteiger partial charge on any atom is 0.417 e. The Morgan fingerprint density at radius 3 is 2.43 bits per heavy atom. The maximum absolute atomic E-state index is 12.2. The number of hydrogen-bond acceptors (Lipinski definition) is 1. The predicted octanol–water partition coefficient (Wildman–Crippen LogP) is 4.30. The van der Waals surface area contributed by atoms with Gasteiger partial charge < -0.3 is 0 Å². The van der Waals surface area contributed by atoms with Crippen molar-refractivity contribution in [1.82, 2.24) is 0 Å². The highest BCUT2D eigenvalue weighted by Gasteiger charge is 2.32. The van der Waals surface area contributed by atoms with Crippen LogP contribution < -0.4 is 0 Å². The summed E-state index contributed by atoms with van der Waals surface area (Å²) >= 11 is 5.35. The minimum absolute atomic E-state index is 0.0468. The highest BCUT2D eigenvalue weighted by atomic mass is 35.5. The van der Waals surface area contributed by atoms with Gasteiger partial charge in [-0.3, -0.25) is 0 Å². The number of nitrogens with zero attached hydrogens (tertiary/aromatic N) is 3. The van der Waals surface area contributed by atoms with Gasteiger partial charge >= 0.3 is 6.18 Å². The molecule has 0 spiro atoms. The van der Waals surface area contributed by atoms with E-state index in [0.717, 1.165) is 18.2 Å². The van der Waals surface area contributed by atoms with Crippen molar-refractivity contribution >= 4 is 17.3 Å². The van der Waals surface area contributed by atoms with Gasteiger partial charge in [-0.2, -0.15) is 13.2 Å². The van der Waals surface area contributed by atoms with Crippen molar-refractivity contribution in [3.63, 3.8) is 0 Å². The molecular weight excluding hydrogens is 219 g/mol. The Labute approximate surface area is 81.7 Å². The fourth-order valence-electron chi connectivity index (χ4n) is 0.848. The Balaban J connectivity index is 3.20. The van der Waals surface area contributed by atoms with Crippen molar-refractivity contribution in [2.75, 3.05) is 0 Å². The molecule has 0 saturated carbocycles. The van der Waals surface area contributed by atoms with Crippen LogP contribution in [-0.2, 0) is 6.18 Å². The summed E-state index contributed by atoms with van der Waals surface area (Å²) in [5, 5.41) is 2.64. The standard InChI is InChI=1S/C7H3ClF3N3/c8-6-3-4(13-14-12)1-2-5(6)7(9,10)11/h1-3H. The molecule has 0 N–H and O–H groups in total. The molecule has 0 fully saturated rings. The van der Waals surface area contributed by atoms with E-state index in [4.69, 9.17) is 17.1 Å². The third-order valence-electron chi connectivity index (χ3n) is 1.42. The van der Waals surface area contributed by atoms with Crippen molar-refractivity contribution in [3.05, 3.63) is 39.2 Å². The molecule has 0 bridgehead atoms. The summed E-state index contributed by atoms with van der Waals surface area (Å²) in [7, 11) is 0. The predicted molar refractivity (Wildman–Crippen MR) is 45.3 cm³/mol. The molecule has 0 heterocycles. The lowest BCUT2D eigenvalue weighted by Crippen LogP contribution is -2.05. The highest BCUT2D eigenvalue weighted by Crippen LogP contribution is 2.36. The van der Waals surface area contributed by atoms with Crippen molar-refractivity contribution in [3.8, 4) is 0 Å². The first-order valence-corrected chi connectivity index (χ1v) is 3.75. The molecule has 1 aromatic rings. The molecule has 74 valence electrons.